The van der Waals surface area contributed by atoms with Crippen LogP contribution in [0.4, 0.5) is 5.69 Å². The molecule has 1 amide bonds. The number of ether oxygens (including phenoxy) is 1. The van der Waals surface area contributed by atoms with Crippen molar-refractivity contribution in [3.8, 4) is 5.75 Å². The largest absolute Gasteiger partial charge is 0.491 e. The highest BCUT2D eigenvalue weighted by molar-refractivity contribution is 6.42. The summed E-state index contributed by atoms with van der Waals surface area (Å²) < 4.78 is 5.91. The van der Waals surface area contributed by atoms with Crippen LogP contribution in [0.5, 0.6) is 5.75 Å². The number of anilines is 1. The van der Waals surface area contributed by atoms with Crippen molar-refractivity contribution >= 4 is 34.8 Å². The number of amides is 1. The highest BCUT2D eigenvalue weighted by Gasteiger charge is 2.21. The molecule has 0 radical (unpaired) electrons. The zero-order valence-corrected chi connectivity index (χ0v) is 16.6. The molecule has 27 heavy (non-hydrogen) atoms. The summed E-state index contributed by atoms with van der Waals surface area (Å²) in [7, 11) is 0. The molecule has 1 N–H and O–H groups in total. The molecule has 2 heterocycles. The maximum absolute atomic E-state index is 11.5. The van der Waals surface area contributed by atoms with Gasteiger partial charge in [-0.1, -0.05) is 41.4 Å². The summed E-state index contributed by atoms with van der Waals surface area (Å²) in [5.41, 5.74) is 4.33. The Morgan fingerprint density at radius 1 is 1.11 bits per heavy atom. The topological polar surface area (TPSA) is 41.6 Å². The molecule has 0 unspecified atom stereocenters. The Morgan fingerprint density at radius 3 is 2.89 bits per heavy atom. The number of carbonyl (C=O) groups is 1. The van der Waals surface area contributed by atoms with Gasteiger partial charge in [-0.25, -0.2) is 0 Å². The lowest BCUT2D eigenvalue weighted by Crippen LogP contribution is -2.31. The minimum absolute atomic E-state index is 0.0350. The Balaban J connectivity index is 1.23. The van der Waals surface area contributed by atoms with E-state index in [1.807, 2.05) is 24.3 Å². The van der Waals surface area contributed by atoms with Gasteiger partial charge in [0.1, 0.15) is 5.75 Å². The first kappa shape index (κ1) is 18.6. The van der Waals surface area contributed by atoms with Crippen LogP contribution in [0.3, 0.4) is 0 Å². The second kappa shape index (κ2) is 8.09. The Labute approximate surface area is 169 Å². The third kappa shape index (κ3) is 4.08. The molecule has 0 fully saturated rings. The van der Waals surface area contributed by atoms with Gasteiger partial charge in [-0.2, -0.15) is 0 Å². The Kier molecular flexibility index (Phi) is 5.58. The monoisotopic (exact) mass is 404 g/mol. The number of para-hydroxylation sites is 1. The quantitative estimate of drug-likeness (QED) is 0.708. The molecule has 6 heteroatoms. The van der Waals surface area contributed by atoms with Crippen molar-refractivity contribution in [3.05, 3.63) is 57.1 Å². The van der Waals surface area contributed by atoms with Crippen LogP contribution < -0.4 is 10.1 Å². The molecule has 4 rings (SSSR count). The minimum atomic E-state index is 0.0350. The van der Waals surface area contributed by atoms with E-state index in [1.54, 1.807) is 0 Å². The van der Waals surface area contributed by atoms with Crippen LogP contribution in [0.15, 0.2) is 30.3 Å². The third-order valence-corrected chi connectivity index (χ3v) is 6.06. The van der Waals surface area contributed by atoms with Gasteiger partial charge >= 0.3 is 0 Å². The number of carbonyl (C=O) groups excluding carboxylic acids is 1. The lowest BCUT2D eigenvalue weighted by molar-refractivity contribution is -0.115. The molecule has 142 valence electrons. The number of unbranched alkanes of at least 4 members (excludes halogenated alkanes) is 1. The Hall–Kier alpha value is -1.75. The van der Waals surface area contributed by atoms with E-state index in [9.17, 15) is 4.79 Å². The fraction of sp³-hybridized carbons (Fsp3) is 0.381. The number of fused-ring (bicyclic) bond motifs is 2. The van der Waals surface area contributed by atoms with E-state index in [-0.39, 0.29) is 5.91 Å². The number of rotatable bonds is 6. The van der Waals surface area contributed by atoms with E-state index in [4.69, 9.17) is 27.9 Å². The number of benzene rings is 2. The van der Waals surface area contributed by atoms with Crippen LogP contribution >= 0.6 is 23.2 Å². The average Bonchev–Trinajstić information content (AvgIpc) is 3.05. The van der Waals surface area contributed by atoms with Crippen molar-refractivity contribution in [2.24, 2.45) is 0 Å². The van der Waals surface area contributed by atoms with Crippen LogP contribution in [0, 0.1) is 0 Å². The number of nitrogens with zero attached hydrogens (tertiary/aromatic N) is 1. The molecule has 0 aromatic heterocycles. The summed E-state index contributed by atoms with van der Waals surface area (Å²) in [4.78, 5) is 14.0. The SMILES string of the molecule is O=C1Cc2cccc(OCCCCN3CCc4c(ccc(Cl)c4Cl)C3)c2N1. The summed E-state index contributed by atoms with van der Waals surface area (Å²) in [6, 6.07) is 9.80. The smallest absolute Gasteiger partial charge is 0.228 e. The minimum Gasteiger partial charge on any atom is -0.491 e. The summed E-state index contributed by atoms with van der Waals surface area (Å²) in [5, 5.41) is 4.24. The summed E-state index contributed by atoms with van der Waals surface area (Å²) >= 11 is 12.4. The van der Waals surface area contributed by atoms with Crippen molar-refractivity contribution in [2.45, 2.75) is 32.2 Å². The van der Waals surface area contributed by atoms with Crippen molar-refractivity contribution in [1.29, 1.82) is 0 Å². The van der Waals surface area contributed by atoms with Crippen LogP contribution in [0.1, 0.15) is 29.5 Å². The molecule has 0 bridgehead atoms. The zero-order chi connectivity index (χ0) is 18.8. The molecule has 2 aromatic rings. The van der Waals surface area contributed by atoms with Gasteiger partial charge in [0, 0.05) is 13.1 Å². The molecular formula is C21H22Cl2N2O2. The van der Waals surface area contributed by atoms with Gasteiger partial charge in [-0.3, -0.25) is 9.69 Å². The number of hydrogen-bond donors (Lipinski definition) is 1. The molecule has 0 saturated heterocycles. The summed E-state index contributed by atoms with van der Waals surface area (Å²) in [6.07, 6.45) is 3.43. The standard InChI is InChI=1S/C21H22Cl2N2O2/c22-17-7-6-15-13-25(10-8-16(15)20(17)23)9-1-2-11-27-18-5-3-4-14-12-19(26)24-21(14)18/h3-7H,1-2,8-13H2,(H,24,26). The van der Waals surface area contributed by atoms with Crippen LogP contribution in [0.2, 0.25) is 10.0 Å². The van der Waals surface area contributed by atoms with E-state index in [2.05, 4.69) is 16.3 Å². The molecule has 4 nitrogen and oxygen atoms in total. The predicted octanol–water partition coefficient (Wildman–Crippen LogP) is 4.71. The van der Waals surface area contributed by atoms with Gasteiger partial charge in [0.05, 0.1) is 28.8 Å². The van der Waals surface area contributed by atoms with Gasteiger partial charge in [0.25, 0.3) is 0 Å². The van der Waals surface area contributed by atoms with Crippen LogP contribution in [-0.2, 0) is 24.2 Å². The maximum Gasteiger partial charge on any atom is 0.228 e. The number of hydrogen-bond acceptors (Lipinski definition) is 3. The molecule has 0 saturated carbocycles. The third-order valence-electron chi connectivity index (χ3n) is 5.22. The Morgan fingerprint density at radius 2 is 2.00 bits per heavy atom. The molecule has 0 aliphatic carbocycles. The zero-order valence-electron chi connectivity index (χ0n) is 15.1. The predicted molar refractivity (Wildman–Crippen MR) is 109 cm³/mol. The molecule has 2 aromatic carbocycles. The number of halogens is 2. The fourth-order valence-corrected chi connectivity index (χ4v) is 4.25. The second-order valence-electron chi connectivity index (χ2n) is 7.10. The summed E-state index contributed by atoms with van der Waals surface area (Å²) in [6.45, 7) is 3.61. The lowest BCUT2D eigenvalue weighted by atomic mass is 9.99. The van der Waals surface area contributed by atoms with Crippen LogP contribution in [0.25, 0.3) is 0 Å². The molecule has 0 spiro atoms. The van der Waals surface area contributed by atoms with Crippen molar-refractivity contribution in [2.75, 3.05) is 25.0 Å². The molecule has 0 atom stereocenters. The first-order valence-corrected chi connectivity index (χ1v) is 10.1. The normalized spacial score (nSPS) is 16.0. The van der Waals surface area contributed by atoms with Gasteiger partial charge in [-0.05, 0) is 54.6 Å². The maximum atomic E-state index is 11.5. The first-order valence-electron chi connectivity index (χ1n) is 9.34. The molecular weight excluding hydrogens is 383 g/mol. The van der Waals surface area contributed by atoms with E-state index in [0.29, 0.717) is 23.1 Å². The molecule has 2 aliphatic rings. The molecule has 2 aliphatic heterocycles. The van der Waals surface area contributed by atoms with E-state index in [1.165, 1.54) is 11.1 Å². The van der Waals surface area contributed by atoms with E-state index in [0.717, 1.165) is 55.9 Å². The summed E-state index contributed by atoms with van der Waals surface area (Å²) in [5.74, 6) is 0.810. The van der Waals surface area contributed by atoms with E-state index >= 15 is 0 Å². The highest BCUT2D eigenvalue weighted by Crippen LogP contribution is 2.33. The highest BCUT2D eigenvalue weighted by atomic mass is 35.5. The van der Waals surface area contributed by atoms with Gasteiger partial charge in [0.2, 0.25) is 5.91 Å². The first-order chi connectivity index (χ1) is 13.1. The second-order valence-corrected chi connectivity index (χ2v) is 7.88. The van der Waals surface area contributed by atoms with Crippen molar-refractivity contribution < 1.29 is 9.53 Å². The van der Waals surface area contributed by atoms with Gasteiger partial charge in [0.15, 0.2) is 0 Å². The van der Waals surface area contributed by atoms with Crippen molar-refractivity contribution in [3.63, 3.8) is 0 Å². The average molecular weight is 405 g/mol. The Bertz CT molecular complexity index is 870. The van der Waals surface area contributed by atoms with Gasteiger partial charge in [-0.15, -0.1) is 0 Å². The van der Waals surface area contributed by atoms with Crippen molar-refractivity contribution in [1.82, 2.24) is 4.90 Å². The van der Waals surface area contributed by atoms with Crippen LogP contribution in [-0.4, -0.2) is 30.5 Å². The number of nitrogens with one attached hydrogen (secondary N) is 1. The van der Waals surface area contributed by atoms with Gasteiger partial charge < -0.3 is 10.1 Å². The van der Waals surface area contributed by atoms with E-state index < -0.39 is 0 Å². The fourth-order valence-electron chi connectivity index (χ4n) is 3.79. The lowest BCUT2D eigenvalue weighted by Gasteiger charge is -2.29.